The molecule has 4 aromatic rings. The first-order valence-electron chi connectivity index (χ1n) is 9.84. The van der Waals surface area contributed by atoms with Crippen LogP contribution in [0.5, 0.6) is 0 Å². The molecule has 0 aliphatic carbocycles. The van der Waals surface area contributed by atoms with Crippen molar-refractivity contribution in [3.05, 3.63) is 75.8 Å². The van der Waals surface area contributed by atoms with E-state index in [-0.39, 0.29) is 22.9 Å². The number of benzene rings is 1. The molecule has 0 aliphatic heterocycles. The molecule has 4 rings (SSSR count). The maximum absolute atomic E-state index is 12.9. The van der Waals surface area contributed by atoms with Gasteiger partial charge in [0.05, 0.1) is 5.39 Å². The van der Waals surface area contributed by atoms with Crippen LogP contribution >= 0.6 is 0 Å². The maximum atomic E-state index is 12.9. The average molecular weight is 388 g/mol. The van der Waals surface area contributed by atoms with Crippen molar-refractivity contribution in [2.45, 2.75) is 39.8 Å². The summed E-state index contributed by atoms with van der Waals surface area (Å²) in [6.45, 7) is 6.43. The van der Waals surface area contributed by atoms with Crippen LogP contribution in [0, 0.1) is 6.92 Å². The molecular weight excluding hydrogens is 364 g/mol. The second-order valence-electron chi connectivity index (χ2n) is 7.42. The van der Waals surface area contributed by atoms with Gasteiger partial charge in [-0.05, 0) is 51.0 Å². The first kappa shape index (κ1) is 18.9. The lowest BCUT2D eigenvalue weighted by atomic mass is 10.1. The number of amides is 1. The minimum absolute atomic E-state index is 0.122. The lowest BCUT2D eigenvalue weighted by Crippen LogP contribution is -2.37. The molecule has 0 unspecified atom stereocenters. The summed E-state index contributed by atoms with van der Waals surface area (Å²) in [5.74, 6) is -0.355. The van der Waals surface area contributed by atoms with Crippen molar-refractivity contribution >= 4 is 27.8 Å². The minimum Gasteiger partial charge on any atom is -0.361 e. The Hall–Kier alpha value is -3.41. The summed E-state index contributed by atoms with van der Waals surface area (Å²) in [7, 11) is 0. The predicted octanol–water partition coefficient (Wildman–Crippen LogP) is 3.57. The lowest BCUT2D eigenvalue weighted by Gasteiger charge is -2.15. The molecule has 29 heavy (non-hydrogen) atoms. The molecule has 6 heteroatoms. The van der Waals surface area contributed by atoms with Crippen molar-refractivity contribution in [3.63, 3.8) is 0 Å². The number of H-pyrrole nitrogens is 1. The third kappa shape index (κ3) is 3.53. The van der Waals surface area contributed by atoms with Gasteiger partial charge in [0.2, 0.25) is 5.43 Å². The standard InChI is InChI=1S/C23H24N4O2/c1-4-27-13-19(21(28)18-10-9-14(2)25-22(18)27)23(29)26-15(3)11-16-12-24-20-8-6-5-7-17(16)20/h5-10,12-13,15,24H,4,11H2,1-3H3,(H,26,29)/t15-/m0/s1. The highest BCUT2D eigenvalue weighted by molar-refractivity contribution is 5.97. The summed E-state index contributed by atoms with van der Waals surface area (Å²) >= 11 is 0. The van der Waals surface area contributed by atoms with Crippen LogP contribution in [0.3, 0.4) is 0 Å². The van der Waals surface area contributed by atoms with Gasteiger partial charge in [-0.15, -0.1) is 0 Å². The Bertz CT molecular complexity index is 1270. The second-order valence-corrected chi connectivity index (χ2v) is 7.42. The van der Waals surface area contributed by atoms with Crippen molar-refractivity contribution in [3.8, 4) is 0 Å². The summed E-state index contributed by atoms with van der Waals surface area (Å²) in [6, 6.07) is 11.5. The molecule has 0 bridgehead atoms. The Balaban J connectivity index is 1.61. The quantitative estimate of drug-likeness (QED) is 0.549. The van der Waals surface area contributed by atoms with Crippen LogP contribution in [0.25, 0.3) is 21.9 Å². The fourth-order valence-corrected chi connectivity index (χ4v) is 3.75. The molecule has 1 aromatic carbocycles. The van der Waals surface area contributed by atoms with Crippen molar-refractivity contribution in [2.24, 2.45) is 0 Å². The van der Waals surface area contributed by atoms with E-state index in [9.17, 15) is 9.59 Å². The third-order valence-corrected chi connectivity index (χ3v) is 5.22. The van der Waals surface area contributed by atoms with E-state index >= 15 is 0 Å². The predicted molar refractivity (Wildman–Crippen MR) is 115 cm³/mol. The number of carbonyl (C=O) groups excluding carboxylic acids is 1. The molecule has 0 aliphatic rings. The van der Waals surface area contributed by atoms with Crippen LogP contribution in [0.2, 0.25) is 0 Å². The van der Waals surface area contributed by atoms with E-state index in [1.54, 1.807) is 18.3 Å². The molecule has 3 heterocycles. The number of nitrogens with zero attached hydrogens (tertiary/aromatic N) is 2. The van der Waals surface area contributed by atoms with Gasteiger partial charge in [0, 0.05) is 41.6 Å². The van der Waals surface area contributed by atoms with Crippen LogP contribution in [-0.4, -0.2) is 26.5 Å². The summed E-state index contributed by atoms with van der Waals surface area (Å²) in [6.07, 6.45) is 4.26. The van der Waals surface area contributed by atoms with E-state index in [1.165, 1.54) is 0 Å². The maximum Gasteiger partial charge on any atom is 0.256 e. The second kappa shape index (κ2) is 7.54. The first-order chi connectivity index (χ1) is 14.0. The number of carbonyl (C=O) groups is 1. The summed E-state index contributed by atoms with van der Waals surface area (Å²) < 4.78 is 1.85. The van der Waals surface area contributed by atoms with Crippen molar-refractivity contribution in [1.82, 2.24) is 19.9 Å². The Labute approximate surface area is 168 Å². The fraction of sp³-hybridized carbons (Fsp3) is 0.261. The first-order valence-corrected chi connectivity index (χ1v) is 9.84. The molecule has 148 valence electrons. The molecule has 0 fully saturated rings. The molecule has 1 amide bonds. The van der Waals surface area contributed by atoms with E-state index in [4.69, 9.17) is 0 Å². The van der Waals surface area contributed by atoms with Gasteiger partial charge < -0.3 is 14.9 Å². The molecule has 0 saturated carbocycles. The number of fused-ring (bicyclic) bond motifs is 2. The number of aromatic nitrogens is 3. The topological polar surface area (TPSA) is 79.8 Å². The number of para-hydroxylation sites is 1. The molecule has 6 nitrogen and oxygen atoms in total. The van der Waals surface area contributed by atoms with Crippen LogP contribution in [0.15, 0.2) is 53.6 Å². The SMILES string of the molecule is CCn1cc(C(=O)N[C@@H](C)Cc2c[nH]c3ccccc23)c(=O)c2ccc(C)nc21. The van der Waals surface area contributed by atoms with Crippen LogP contribution < -0.4 is 10.7 Å². The van der Waals surface area contributed by atoms with Crippen molar-refractivity contribution < 1.29 is 4.79 Å². The molecule has 3 aromatic heterocycles. The van der Waals surface area contributed by atoms with E-state index < -0.39 is 0 Å². The molecule has 1 atom stereocenters. The number of nitrogens with one attached hydrogen (secondary N) is 2. The Morgan fingerprint density at radius 3 is 2.79 bits per heavy atom. The summed E-state index contributed by atoms with van der Waals surface area (Å²) in [5.41, 5.74) is 3.52. The van der Waals surface area contributed by atoms with Crippen LogP contribution in [0.4, 0.5) is 0 Å². The van der Waals surface area contributed by atoms with Gasteiger partial charge in [0.15, 0.2) is 0 Å². The fourth-order valence-electron chi connectivity index (χ4n) is 3.75. The smallest absolute Gasteiger partial charge is 0.256 e. The van der Waals surface area contributed by atoms with Gasteiger partial charge in [0.25, 0.3) is 5.91 Å². The summed E-state index contributed by atoms with van der Waals surface area (Å²) in [5, 5.41) is 4.60. The zero-order valence-corrected chi connectivity index (χ0v) is 16.8. The summed E-state index contributed by atoms with van der Waals surface area (Å²) in [4.78, 5) is 33.5. The monoisotopic (exact) mass is 388 g/mol. The van der Waals surface area contributed by atoms with Gasteiger partial charge in [-0.25, -0.2) is 4.98 Å². The zero-order valence-electron chi connectivity index (χ0n) is 16.8. The number of aromatic amines is 1. The van der Waals surface area contributed by atoms with Gasteiger partial charge in [-0.2, -0.15) is 0 Å². The highest BCUT2D eigenvalue weighted by atomic mass is 16.2. The largest absolute Gasteiger partial charge is 0.361 e. The van der Waals surface area contributed by atoms with Crippen LogP contribution in [0.1, 0.15) is 35.5 Å². The molecule has 0 spiro atoms. The van der Waals surface area contributed by atoms with Crippen molar-refractivity contribution in [2.75, 3.05) is 0 Å². The number of rotatable bonds is 5. The lowest BCUT2D eigenvalue weighted by molar-refractivity contribution is 0.0938. The number of hydrogen-bond donors (Lipinski definition) is 2. The number of pyridine rings is 2. The highest BCUT2D eigenvalue weighted by Crippen LogP contribution is 2.19. The Kier molecular flexibility index (Phi) is 4.92. The van der Waals surface area contributed by atoms with Gasteiger partial charge in [0.1, 0.15) is 11.2 Å². The zero-order chi connectivity index (χ0) is 20.5. The van der Waals surface area contributed by atoms with Crippen LogP contribution in [-0.2, 0) is 13.0 Å². The van der Waals surface area contributed by atoms with Gasteiger partial charge >= 0.3 is 0 Å². The van der Waals surface area contributed by atoms with E-state index in [2.05, 4.69) is 21.4 Å². The third-order valence-electron chi connectivity index (χ3n) is 5.22. The molecule has 0 radical (unpaired) electrons. The van der Waals surface area contributed by atoms with Gasteiger partial charge in [-0.3, -0.25) is 9.59 Å². The average Bonchev–Trinajstić information content (AvgIpc) is 3.11. The Morgan fingerprint density at radius 1 is 1.21 bits per heavy atom. The van der Waals surface area contributed by atoms with E-state index in [0.29, 0.717) is 24.0 Å². The number of hydrogen-bond acceptors (Lipinski definition) is 3. The van der Waals surface area contributed by atoms with Gasteiger partial charge in [-0.1, -0.05) is 18.2 Å². The van der Waals surface area contributed by atoms with E-state index in [1.807, 2.05) is 49.7 Å². The molecule has 0 saturated heterocycles. The number of aryl methyl sites for hydroxylation is 2. The molecular formula is C23H24N4O2. The highest BCUT2D eigenvalue weighted by Gasteiger charge is 2.18. The van der Waals surface area contributed by atoms with Crippen molar-refractivity contribution in [1.29, 1.82) is 0 Å². The normalized spacial score (nSPS) is 12.4. The Morgan fingerprint density at radius 2 is 2.00 bits per heavy atom. The minimum atomic E-state index is -0.355. The van der Waals surface area contributed by atoms with E-state index in [0.717, 1.165) is 22.2 Å². The molecule has 2 N–H and O–H groups in total.